The van der Waals surface area contributed by atoms with Crippen LogP contribution in [0.2, 0.25) is 0 Å². The number of rotatable bonds is 4. The fraction of sp³-hybridized carbons (Fsp3) is 0.750. The topological polar surface area (TPSA) is 67.6 Å². The molecule has 122 valence electrons. The van der Waals surface area contributed by atoms with Crippen LogP contribution in [0.15, 0.2) is 6.20 Å². The molecule has 0 unspecified atom stereocenters. The summed E-state index contributed by atoms with van der Waals surface area (Å²) in [4.78, 5) is 14.0. The number of hydrogen-bond donors (Lipinski definition) is 1. The van der Waals surface area contributed by atoms with Crippen molar-refractivity contribution in [1.29, 1.82) is 0 Å². The fourth-order valence-electron chi connectivity index (χ4n) is 3.51. The van der Waals surface area contributed by atoms with Gasteiger partial charge in [0.15, 0.2) is 11.4 Å². The Bertz CT molecular complexity index is 515. The predicted octanol–water partition coefficient (Wildman–Crippen LogP) is 2.56. The largest absolute Gasteiger partial charge is 0.486 e. The van der Waals surface area contributed by atoms with Crippen molar-refractivity contribution in [3.05, 3.63) is 11.9 Å². The molecule has 0 spiro atoms. The summed E-state index contributed by atoms with van der Waals surface area (Å²) in [5, 5.41) is 13.9. The molecule has 1 aliphatic carbocycles. The smallest absolute Gasteiger partial charge is 0.358 e. The van der Waals surface area contributed by atoms with Gasteiger partial charge >= 0.3 is 5.97 Å². The van der Waals surface area contributed by atoms with E-state index in [0.29, 0.717) is 5.75 Å². The third kappa shape index (κ3) is 3.27. The lowest BCUT2D eigenvalue weighted by molar-refractivity contribution is 0.0664. The van der Waals surface area contributed by atoms with Crippen LogP contribution in [0.1, 0.15) is 61.5 Å². The lowest BCUT2D eigenvalue weighted by Gasteiger charge is -2.29. The molecule has 1 aromatic heterocycles. The van der Waals surface area contributed by atoms with E-state index >= 15 is 0 Å². The van der Waals surface area contributed by atoms with Crippen LogP contribution < -0.4 is 4.74 Å². The molecule has 6 heteroatoms. The van der Waals surface area contributed by atoms with Crippen LogP contribution in [0.4, 0.5) is 0 Å². The molecule has 1 N–H and O–H groups in total. The van der Waals surface area contributed by atoms with Gasteiger partial charge in [0.25, 0.3) is 0 Å². The van der Waals surface area contributed by atoms with E-state index in [2.05, 4.69) is 17.0 Å². The van der Waals surface area contributed by atoms with E-state index in [1.165, 1.54) is 6.42 Å². The molecule has 0 atom stereocenters. The molecule has 0 radical (unpaired) electrons. The first-order valence-corrected chi connectivity index (χ1v) is 8.31. The van der Waals surface area contributed by atoms with Gasteiger partial charge in [0.1, 0.15) is 0 Å². The van der Waals surface area contributed by atoms with Crippen LogP contribution in [-0.2, 0) is 0 Å². The number of likely N-dealkylation sites (tertiary alicyclic amines) is 1. The Morgan fingerprint density at radius 1 is 1.23 bits per heavy atom. The monoisotopic (exact) mass is 307 g/mol. The first-order chi connectivity index (χ1) is 10.6. The molecule has 1 aromatic rings. The Labute approximate surface area is 131 Å². The minimum atomic E-state index is -0.942. The van der Waals surface area contributed by atoms with E-state index in [9.17, 15) is 9.90 Å². The maximum Gasteiger partial charge on any atom is 0.358 e. The van der Waals surface area contributed by atoms with Crippen molar-refractivity contribution in [2.45, 2.75) is 57.1 Å². The van der Waals surface area contributed by atoms with Gasteiger partial charge in [-0.1, -0.05) is 6.42 Å². The Balaban J connectivity index is 1.77. The standard InChI is InChI=1S/C16H25N3O3/c1-18-9-7-12(8-10-18)19-15(16(20)21)14(11-17-19)22-13-5-3-2-4-6-13/h11-13H,2-10H2,1H3,(H,20,21). The number of aromatic nitrogens is 2. The highest BCUT2D eigenvalue weighted by molar-refractivity contribution is 5.88. The number of nitrogens with zero attached hydrogens (tertiary/aromatic N) is 3. The number of piperidine rings is 1. The van der Waals surface area contributed by atoms with Crippen molar-refractivity contribution in [3.63, 3.8) is 0 Å². The summed E-state index contributed by atoms with van der Waals surface area (Å²) in [6, 6.07) is 0.158. The Morgan fingerprint density at radius 3 is 2.55 bits per heavy atom. The van der Waals surface area contributed by atoms with E-state index in [4.69, 9.17) is 4.74 Å². The summed E-state index contributed by atoms with van der Waals surface area (Å²) in [6.07, 6.45) is 9.20. The number of ether oxygens (including phenoxy) is 1. The van der Waals surface area contributed by atoms with Crippen molar-refractivity contribution in [2.24, 2.45) is 0 Å². The zero-order valence-corrected chi connectivity index (χ0v) is 13.2. The highest BCUT2D eigenvalue weighted by atomic mass is 16.5. The second kappa shape index (κ2) is 6.69. The van der Waals surface area contributed by atoms with Crippen LogP contribution in [0.5, 0.6) is 5.75 Å². The number of carbonyl (C=O) groups is 1. The molecule has 1 aliphatic heterocycles. The summed E-state index contributed by atoms with van der Waals surface area (Å²) in [5.74, 6) is -0.499. The quantitative estimate of drug-likeness (QED) is 0.926. The molecule has 6 nitrogen and oxygen atoms in total. The van der Waals surface area contributed by atoms with E-state index in [-0.39, 0.29) is 17.8 Å². The Morgan fingerprint density at radius 2 is 1.91 bits per heavy atom. The lowest BCUT2D eigenvalue weighted by Crippen LogP contribution is -2.33. The molecule has 0 amide bonds. The molecule has 1 saturated carbocycles. The fourth-order valence-corrected chi connectivity index (χ4v) is 3.51. The second-order valence-corrected chi connectivity index (χ2v) is 6.52. The van der Waals surface area contributed by atoms with Gasteiger partial charge in [-0.25, -0.2) is 4.79 Å². The summed E-state index contributed by atoms with van der Waals surface area (Å²) >= 11 is 0. The highest BCUT2D eigenvalue weighted by Gasteiger charge is 2.28. The zero-order chi connectivity index (χ0) is 15.5. The average molecular weight is 307 g/mol. The zero-order valence-electron chi connectivity index (χ0n) is 13.2. The average Bonchev–Trinajstić information content (AvgIpc) is 2.93. The minimum Gasteiger partial charge on any atom is -0.486 e. The van der Waals surface area contributed by atoms with Gasteiger partial charge in [-0.15, -0.1) is 0 Å². The van der Waals surface area contributed by atoms with Crippen LogP contribution in [0.25, 0.3) is 0 Å². The first-order valence-electron chi connectivity index (χ1n) is 8.31. The van der Waals surface area contributed by atoms with E-state index in [0.717, 1.165) is 51.6 Å². The van der Waals surface area contributed by atoms with Gasteiger partial charge in [-0.05, 0) is 58.7 Å². The number of aromatic carboxylic acids is 1. The first kappa shape index (κ1) is 15.3. The molecule has 22 heavy (non-hydrogen) atoms. The highest BCUT2D eigenvalue weighted by Crippen LogP contribution is 2.30. The van der Waals surface area contributed by atoms with Crippen molar-refractivity contribution in [2.75, 3.05) is 20.1 Å². The summed E-state index contributed by atoms with van der Waals surface area (Å²) < 4.78 is 7.64. The van der Waals surface area contributed by atoms with Crippen molar-refractivity contribution < 1.29 is 14.6 Å². The second-order valence-electron chi connectivity index (χ2n) is 6.52. The SMILES string of the molecule is CN1CCC(n2ncc(OC3CCCCC3)c2C(=O)O)CC1. The van der Waals surface area contributed by atoms with Gasteiger partial charge in [0, 0.05) is 0 Å². The molecule has 1 saturated heterocycles. The minimum absolute atomic E-state index is 0.141. The predicted molar refractivity (Wildman–Crippen MR) is 82.5 cm³/mol. The summed E-state index contributed by atoms with van der Waals surface area (Å²) in [6.45, 7) is 1.95. The van der Waals surface area contributed by atoms with Crippen molar-refractivity contribution in [1.82, 2.24) is 14.7 Å². The maximum absolute atomic E-state index is 11.7. The molecule has 2 heterocycles. The Kier molecular flexibility index (Phi) is 4.66. The molecule has 0 aromatic carbocycles. The number of carboxylic acid groups (broad SMARTS) is 1. The number of hydrogen-bond acceptors (Lipinski definition) is 4. The normalized spacial score (nSPS) is 21.9. The molecular formula is C16H25N3O3. The van der Waals surface area contributed by atoms with Gasteiger partial charge in [0.05, 0.1) is 18.3 Å². The third-order valence-corrected chi connectivity index (χ3v) is 4.84. The van der Waals surface area contributed by atoms with Crippen molar-refractivity contribution in [3.8, 4) is 5.75 Å². The van der Waals surface area contributed by atoms with Crippen LogP contribution in [0, 0.1) is 0 Å². The van der Waals surface area contributed by atoms with Crippen LogP contribution in [0.3, 0.4) is 0 Å². The van der Waals surface area contributed by atoms with Gasteiger partial charge in [-0.3, -0.25) is 4.68 Å². The molecular weight excluding hydrogens is 282 g/mol. The lowest BCUT2D eigenvalue weighted by atomic mass is 9.98. The van der Waals surface area contributed by atoms with Gasteiger partial charge in [0.2, 0.25) is 0 Å². The molecule has 0 bridgehead atoms. The third-order valence-electron chi connectivity index (χ3n) is 4.84. The van der Waals surface area contributed by atoms with Gasteiger partial charge in [-0.2, -0.15) is 5.10 Å². The van der Waals surface area contributed by atoms with Gasteiger partial charge < -0.3 is 14.7 Å². The Hall–Kier alpha value is -1.56. The van der Waals surface area contributed by atoms with E-state index in [1.807, 2.05) is 0 Å². The molecule has 2 fully saturated rings. The van der Waals surface area contributed by atoms with Crippen LogP contribution >= 0.6 is 0 Å². The van der Waals surface area contributed by atoms with E-state index in [1.54, 1.807) is 10.9 Å². The maximum atomic E-state index is 11.7. The van der Waals surface area contributed by atoms with Crippen molar-refractivity contribution >= 4 is 5.97 Å². The molecule has 3 rings (SSSR count). The number of carboxylic acids is 1. The van der Waals surface area contributed by atoms with E-state index < -0.39 is 5.97 Å². The van der Waals surface area contributed by atoms with Crippen LogP contribution in [-0.4, -0.2) is 52.0 Å². The summed E-state index contributed by atoms with van der Waals surface area (Å²) in [7, 11) is 2.09. The molecule has 2 aliphatic rings. The summed E-state index contributed by atoms with van der Waals surface area (Å²) in [5.41, 5.74) is 0.222.